The molecule has 1 saturated heterocycles. The lowest BCUT2D eigenvalue weighted by atomic mass is 10.2. The van der Waals surface area contributed by atoms with E-state index in [0.717, 1.165) is 24.9 Å². The Hall–Kier alpha value is -1.59. The molecule has 1 atom stereocenters. The fourth-order valence-corrected chi connectivity index (χ4v) is 1.91. The minimum atomic E-state index is -0.324. The lowest BCUT2D eigenvalue weighted by Gasteiger charge is -2.22. The second-order valence-electron chi connectivity index (χ2n) is 4.79. The molecule has 1 N–H and O–H groups in total. The molecule has 0 spiro atoms. The SMILES string of the molecule is CN(C)c1cccc(C(=O)NOC2CCCCO2)c1. The molecular formula is C14H20N2O3. The van der Waals surface area contributed by atoms with Crippen LogP contribution in [0.2, 0.25) is 0 Å². The Kier molecular flexibility index (Phi) is 4.76. The van der Waals surface area contributed by atoms with Gasteiger partial charge in [-0.15, -0.1) is 0 Å². The van der Waals surface area contributed by atoms with E-state index in [2.05, 4.69) is 5.48 Å². The minimum Gasteiger partial charge on any atom is -0.378 e. The highest BCUT2D eigenvalue weighted by molar-refractivity contribution is 5.94. The molecule has 1 aliphatic heterocycles. The van der Waals surface area contributed by atoms with Crippen LogP contribution in [0.3, 0.4) is 0 Å². The van der Waals surface area contributed by atoms with Crippen LogP contribution in [0.25, 0.3) is 0 Å². The first-order valence-corrected chi connectivity index (χ1v) is 6.52. The summed E-state index contributed by atoms with van der Waals surface area (Å²) in [6, 6.07) is 7.37. The summed E-state index contributed by atoms with van der Waals surface area (Å²) in [7, 11) is 3.87. The number of amides is 1. The maximum atomic E-state index is 12.0. The number of hydroxylamine groups is 1. The van der Waals surface area contributed by atoms with E-state index in [0.29, 0.717) is 12.2 Å². The molecule has 19 heavy (non-hydrogen) atoms. The number of hydrogen-bond donors (Lipinski definition) is 1. The maximum Gasteiger partial charge on any atom is 0.275 e. The van der Waals surface area contributed by atoms with Crippen LogP contribution in [0.15, 0.2) is 24.3 Å². The summed E-state index contributed by atoms with van der Waals surface area (Å²) in [4.78, 5) is 19.2. The van der Waals surface area contributed by atoms with Gasteiger partial charge in [0.15, 0.2) is 6.29 Å². The quantitative estimate of drug-likeness (QED) is 0.844. The van der Waals surface area contributed by atoms with Crippen LogP contribution in [0.5, 0.6) is 0 Å². The van der Waals surface area contributed by atoms with Gasteiger partial charge in [-0.3, -0.25) is 4.79 Å². The van der Waals surface area contributed by atoms with Gasteiger partial charge in [0.1, 0.15) is 0 Å². The third-order valence-electron chi connectivity index (χ3n) is 3.05. The van der Waals surface area contributed by atoms with Crippen molar-refractivity contribution in [3.63, 3.8) is 0 Å². The van der Waals surface area contributed by atoms with Gasteiger partial charge in [-0.1, -0.05) is 6.07 Å². The van der Waals surface area contributed by atoms with Crippen molar-refractivity contribution in [3.8, 4) is 0 Å². The molecule has 0 radical (unpaired) electrons. The van der Waals surface area contributed by atoms with E-state index in [9.17, 15) is 4.79 Å². The molecule has 1 unspecified atom stereocenters. The molecule has 0 aliphatic carbocycles. The zero-order valence-electron chi connectivity index (χ0n) is 11.4. The molecule has 1 aliphatic rings. The zero-order chi connectivity index (χ0) is 13.7. The lowest BCUT2D eigenvalue weighted by molar-refractivity contribution is -0.186. The predicted molar refractivity (Wildman–Crippen MR) is 72.9 cm³/mol. The normalized spacial score (nSPS) is 18.9. The first-order chi connectivity index (χ1) is 9.16. The number of nitrogens with one attached hydrogen (secondary N) is 1. The van der Waals surface area contributed by atoms with Gasteiger partial charge in [0.2, 0.25) is 0 Å². The monoisotopic (exact) mass is 264 g/mol. The third-order valence-corrected chi connectivity index (χ3v) is 3.05. The molecule has 5 nitrogen and oxygen atoms in total. The van der Waals surface area contributed by atoms with Gasteiger partial charge in [-0.25, -0.2) is 10.3 Å². The van der Waals surface area contributed by atoms with Crippen molar-refractivity contribution in [1.82, 2.24) is 5.48 Å². The number of benzene rings is 1. The summed E-state index contributed by atoms with van der Waals surface area (Å²) < 4.78 is 5.38. The van der Waals surface area contributed by atoms with Gasteiger partial charge in [-0.2, -0.15) is 0 Å². The molecule has 1 aromatic carbocycles. The number of carbonyl (C=O) groups excluding carboxylic acids is 1. The first kappa shape index (κ1) is 13.8. The van der Waals surface area contributed by atoms with Crippen LogP contribution in [0.1, 0.15) is 29.6 Å². The predicted octanol–water partition coefficient (Wildman–Crippen LogP) is 1.94. The average Bonchev–Trinajstić information content (AvgIpc) is 2.46. The zero-order valence-corrected chi connectivity index (χ0v) is 11.4. The number of anilines is 1. The summed E-state index contributed by atoms with van der Waals surface area (Å²) in [6.45, 7) is 0.691. The van der Waals surface area contributed by atoms with Crippen LogP contribution >= 0.6 is 0 Å². The van der Waals surface area contributed by atoms with Gasteiger partial charge >= 0.3 is 0 Å². The van der Waals surface area contributed by atoms with Crippen LogP contribution in [-0.2, 0) is 9.57 Å². The highest BCUT2D eigenvalue weighted by atomic mass is 16.8. The Bertz CT molecular complexity index is 428. The van der Waals surface area contributed by atoms with Gasteiger partial charge in [0.25, 0.3) is 5.91 Å². The summed E-state index contributed by atoms with van der Waals surface area (Å²) in [5.41, 5.74) is 4.00. The molecule has 1 heterocycles. The van der Waals surface area contributed by atoms with Crippen LogP contribution in [0, 0.1) is 0 Å². The molecule has 1 amide bonds. The molecule has 0 bridgehead atoms. The van der Waals surface area contributed by atoms with Crippen molar-refractivity contribution >= 4 is 11.6 Å². The number of nitrogens with zero attached hydrogens (tertiary/aromatic N) is 1. The van der Waals surface area contributed by atoms with E-state index >= 15 is 0 Å². The molecule has 2 rings (SSSR count). The highest BCUT2D eigenvalue weighted by Crippen LogP contribution is 2.15. The number of rotatable bonds is 4. The van der Waals surface area contributed by atoms with Crippen molar-refractivity contribution in [2.24, 2.45) is 0 Å². The van der Waals surface area contributed by atoms with Crippen molar-refractivity contribution < 1.29 is 14.4 Å². The number of carbonyl (C=O) groups is 1. The first-order valence-electron chi connectivity index (χ1n) is 6.52. The van der Waals surface area contributed by atoms with E-state index in [-0.39, 0.29) is 12.2 Å². The second-order valence-corrected chi connectivity index (χ2v) is 4.79. The average molecular weight is 264 g/mol. The largest absolute Gasteiger partial charge is 0.378 e. The molecule has 1 aromatic rings. The van der Waals surface area contributed by atoms with E-state index in [1.165, 1.54) is 0 Å². The molecular weight excluding hydrogens is 244 g/mol. The Morgan fingerprint density at radius 2 is 2.26 bits per heavy atom. The molecule has 1 fully saturated rings. The van der Waals surface area contributed by atoms with E-state index in [1.807, 2.05) is 37.2 Å². The molecule has 0 aromatic heterocycles. The van der Waals surface area contributed by atoms with Crippen LogP contribution < -0.4 is 10.4 Å². The Labute approximate surface area is 113 Å². The van der Waals surface area contributed by atoms with E-state index in [4.69, 9.17) is 9.57 Å². The number of ether oxygens (including phenoxy) is 1. The van der Waals surface area contributed by atoms with Crippen molar-refractivity contribution in [3.05, 3.63) is 29.8 Å². The Morgan fingerprint density at radius 3 is 2.95 bits per heavy atom. The van der Waals surface area contributed by atoms with E-state index in [1.54, 1.807) is 6.07 Å². The van der Waals surface area contributed by atoms with Crippen molar-refractivity contribution in [2.75, 3.05) is 25.6 Å². The van der Waals surface area contributed by atoms with Crippen LogP contribution in [-0.4, -0.2) is 32.9 Å². The summed E-state index contributed by atoms with van der Waals surface area (Å²) >= 11 is 0. The van der Waals surface area contributed by atoms with Gasteiger partial charge < -0.3 is 9.64 Å². The van der Waals surface area contributed by atoms with Crippen LogP contribution in [0.4, 0.5) is 5.69 Å². The molecule has 0 saturated carbocycles. The standard InChI is InChI=1S/C14H20N2O3/c1-16(2)12-7-5-6-11(10-12)14(17)15-19-13-8-3-4-9-18-13/h5-7,10,13H,3-4,8-9H2,1-2H3,(H,15,17). The fourth-order valence-electron chi connectivity index (χ4n) is 1.91. The summed E-state index contributed by atoms with van der Waals surface area (Å²) in [6.07, 6.45) is 2.61. The second kappa shape index (κ2) is 6.54. The van der Waals surface area contributed by atoms with Crippen molar-refractivity contribution in [1.29, 1.82) is 0 Å². The Morgan fingerprint density at radius 1 is 1.42 bits per heavy atom. The smallest absolute Gasteiger partial charge is 0.275 e. The maximum absolute atomic E-state index is 12.0. The minimum absolute atomic E-state index is 0.252. The summed E-state index contributed by atoms with van der Waals surface area (Å²) in [5, 5.41) is 0. The Balaban J connectivity index is 1.90. The van der Waals surface area contributed by atoms with Gasteiger partial charge in [-0.05, 0) is 31.0 Å². The lowest BCUT2D eigenvalue weighted by Crippen LogP contribution is -2.33. The van der Waals surface area contributed by atoms with Crippen molar-refractivity contribution in [2.45, 2.75) is 25.6 Å². The van der Waals surface area contributed by atoms with Gasteiger partial charge in [0, 0.05) is 38.4 Å². The van der Waals surface area contributed by atoms with E-state index < -0.39 is 0 Å². The summed E-state index contributed by atoms with van der Waals surface area (Å²) in [5.74, 6) is -0.252. The number of hydrogen-bond acceptors (Lipinski definition) is 4. The molecule has 5 heteroatoms. The highest BCUT2D eigenvalue weighted by Gasteiger charge is 2.16. The third kappa shape index (κ3) is 3.94. The topological polar surface area (TPSA) is 50.8 Å². The molecule has 104 valence electrons. The van der Waals surface area contributed by atoms with Gasteiger partial charge in [0.05, 0.1) is 0 Å². The fraction of sp³-hybridized carbons (Fsp3) is 0.500.